The van der Waals surface area contributed by atoms with Gasteiger partial charge in [-0.2, -0.15) is 0 Å². The minimum atomic E-state index is 0.215. The molecule has 12 heavy (non-hydrogen) atoms. The number of nitrogens with zero attached hydrogens (tertiary/aromatic N) is 1. The summed E-state index contributed by atoms with van der Waals surface area (Å²) in [4.78, 5) is 4.06. The fraction of sp³-hybridized carbons (Fsp3) is 0. The van der Waals surface area contributed by atoms with E-state index in [1.54, 1.807) is 24.4 Å². The monoisotopic (exact) mass is 160 g/mol. The molecule has 1 aromatic carbocycles. The van der Waals surface area contributed by atoms with E-state index >= 15 is 0 Å². The Balaban J connectivity index is 2.88. The third-order valence-electron chi connectivity index (χ3n) is 1.72. The highest BCUT2D eigenvalue weighted by atomic mass is 16.3. The molecule has 0 saturated heterocycles. The van der Waals surface area contributed by atoms with Gasteiger partial charge in [0.25, 0.3) is 0 Å². The standard InChI is InChI=1S/C9H8N2O/c10-6-4-7-8(11-5-6)2-1-3-9(7)12/h1-5,12H,10H2. The molecule has 2 aromatic rings. The minimum absolute atomic E-state index is 0.215. The van der Waals surface area contributed by atoms with Crippen molar-refractivity contribution < 1.29 is 5.11 Å². The van der Waals surface area contributed by atoms with Gasteiger partial charge in [-0.3, -0.25) is 4.98 Å². The molecule has 60 valence electrons. The molecule has 3 heteroatoms. The van der Waals surface area contributed by atoms with Crippen LogP contribution >= 0.6 is 0 Å². The van der Waals surface area contributed by atoms with E-state index in [-0.39, 0.29) is 5.75 Å². The lowest BCUT2D eigenvalue weighted by Gasteiger charge is -1.99. The van der Waals surface area contributed by atoms with Crippen LogP contribution in [0.4, 0.5) is 5.69 Å². The van der Waals surface area contributed by atoms with Gasteiger partial charge in [-0.25, -0.2) is 0 Å². The molecule has 0 fully saturated rings. The predicted molar refractivity (Wildman–Crippen MR) is 47.8 cm³/mol. The first-order valence-corrected chi connectivity index (χ1v) is 3.60. The zero-order chi connectivity index (χ0) is 8.55. The molecule has 0 saturated carbocycles. The fourth-order valence-electron chi connectivity index (χ4n) is 1.15. The summed E-state index contributed by atoms with van der Waals surface area (Å²) in [5, 5.41) is 10.1. The van der Waals surface area contributed by atoms with Crippen LogP contribution in [0.15, 0.2) is 30.5 Å². The van der Waals surface area contributed by atoms with Crippen molar-refractivity contribution >= 4 is 16.6 Å². The number of rotatable bonds is 0. The van der Waals surface area contributed by atoms with Crippen LogP contribution in [-0.4, -0.2) is 10.1 Å². The largest absolute Gasteiger partial charge is 0.507 e. The molecule has 0 bridgehead atoms. The van der Waals surface area contributed by atoms with Gasteiger partial charge in [0.2, 0.25) is 0 Å². The van der Waals surface area contributed by atoms with Gasteiger partial charge in [0.15, 0.2) is 0 Å². The lowest BCUT2D eigenvalue weighted by molar-refractivity contribution is 0.481. The van der Waals surface area contributed by atoms with Crippen LogP contribution in [0.5, 0.6) is 5.75 Å². The molecule has 0 amide bonds. The van der Waals surface area contributed by atoms with E-state index in [1.165, 1.54) is 0 Å². The summed E-state index contributed by atoms with van der Waals surface area (Å²) < 4.78 is 0. The van der Waals surface area contributed by atoms with Gasteiger partial charge in [-0.05, 0) is 18.2 Å². The van der Waals surface area contributed by atoms with E-state index in [0.29, 0.717) is 11.1 Å². The summed E-state index contributed by atoms with van der Waals surface area (Å²) in [6.07, 6.45) is 1.57. The van der Waals surface area contributed by atoms with Gasteiger partial charge in [0, 0.05) is 5.39 Å². The molecule has 0 radical (unpaired) electrons. The maximum Gasteiger partial charge on any atom is 0.125 e. The van der Waals surface area contributed by atoms with Gasteiger partial charge >= 0.3 is 0 Å². The van der Waals surface area contributed by atoms with Crippen molar-refractivity contribution in [3.05, 3.63) is 30.5 Å². The number of benzene rings is 1. The number of aromatic hydroxyl groups is 1. The van der Waals surface area contributed by atoms with Crippen molar-refractivity contribution in [1.29, 1.82) is 0 Å². The van der Waals surface area contributed by atoms with Gasteiger partial charge in [-0.15, -0.1) is 0 Å². The smallest absolute Gasteiger partial charge is 0.125 e. The zero-order valence-electron chi connectivity index (χ0n) is 6.36. The van der Waals surface area contributed by atoms with Crippen LogP contribution in [-0.2, 0) is 0 Å². The predicted octanol–water partition coefficient (Wildman–Crippen LogP) is 1.52. The number of hydrogen-bond acceptors (Lipinski definition) is 3. The van der Waals surface area contributed by atoms with Crippen molar-refractivity contribution in [3.63, 3.8) is 0 Å². The number of anilines is 1. The number of phenolic OH excluding ortho intramolecular Hbond substituents is 1. The quantitative estimate of drug-likeness (QED) is 0.614. The third-order valence-corrected chi connectivity index (χ3v) is 1.72. The average Bonchev–Trinajstić information content (AvgIpc) is 2.07. The number of nitrogen functional groups attached to an aromatic ring is 1. The number of phenols is 1. The summed E-state index contributed by atoms with van der Waals surface area (Å²) in [6, 6.07) is 6.90. The Hall–Kier alpha value is -1.77. The SMILES string of the molecule is Nc1cnc2cccc(O)c2c1. The molecular weight excluding hydrogens is 152 g/mol. The molecule has 0 aliphatic rings. The second-order valence-electron chi connectivity index (χ2n) is 2.61. The molecule has 0 spiro atoms. The number of aromatic nitrogens is 1. The van der Waals surface area contributed by atoms with Gasteiger partial charge in [0.1, 0.15) is 5.75 Å². The van der Waals surface area contributed by atoms with Gasteiger partial charge < -0.3 is 10.8 Å². The third kappa shape index (κ3) is 0.955. The molecule has 3 nitrogen and oxygen atoms in total. The highest BCUT2D eigenvalue weighted by Gasteiger charge is 1.98. The van der Waals surface area contributed by atoms with E-state index in [1.807, 2.05) is 6.07 Å². The Morgan fingerprint density at radius 3 is 3.00 bits per heavy atom. The minimum Gasteiger partial charge on any atom is -0.507 e. The van der Waals surface area contributed by atoms with Crippen LogP contribution < -0.4 is 5.73 Å². The van der Waals surface area contributed by atoms with Crippen LogP contribution in [0.3, 0.4) is 0 Å². The first kappa shape index (κ1) is 6.91. The van der Waals surface area contributed by atoms with Crippen LogP contribution in [0.2, 0.25) is 0 Å². The summed E-state index contributed by atoms with van der Waals surface area (Å²) in [5.41, 5.74) is 6.83. The Morgan fingerprint density at radius 2 is 2.17 bits per heavy atom. The van der Waals surface area contributed by atoms with E-state index < -0.39 is 0 Å². The molecular formula is C9H8N2O. The number of pyridine rings is 1. The lowest BCUT2D eigenvalue weighted by atomic mass is 10.2. The number of fused-ring (bicyclic) bond motifs is 1. The number of nitrogens with two attached hydrogens (primary N) is 1. The molecule has 0 aliphatic carbocycles. The van der Waals surface area contributed by atoms with Crippen LogP contribution in [0, 0.1) is 0 Å². The topological polar surface area (TPSA) is 59.1 Å². The van der Waals surface area contributed by atoms with Crippen molar-refractivity contribution in [2.75, 3.05) is 5.73 Å². The summed E-state index contributed by atoms with van der Waals surface area (Å²) in [7, 11) is 0. The second-order valence-corrected chi connectivity index (χ2v) is 2.61. The van der Waals surface area contributed by atoms with E-state index in [0.717, 1.165) is 5.52 Å². The Labute approximate surface area is 69.5 Å². The highest BCUT2D eigenvalue weighted by Crippen LogP contribution is 2.23. The van der Waals surface area contributed by atoms with Crippen LogP contribution in [0.1, 0.15) is 0 Å². The molecule has 0 unspecified atom stereocenters. The Bertz CT molecular complexity index is 426. The maximum absolute atomic E-state index is 9.40. The van der Waals surface area contributed by atoms with Crippen molar-refractivity contribution in [1.82, 2.24) is 4.98 Å². The van der Waals surface area contributed by atoms with Gasteiger partial charge in [-0.1, -0.05) is 6.07 Å². The lowest BCUT2D eigenvalue weighted by Crippen LogP contribution is -1.86. The van der Waals surface area contributed by atoms with Crippen molar-refractivity contribution in [3.8, 4) is 5.75 Å². The normalized spacial score (nSPS) is 10.3. The summed E-state index contributed by atoms with van der Waals surface area (Å²) >= 11 is 0. The maximum atomic E-state index is 9.40. The molecule has 0 aliphatic heterocycles. The first-order valence-electron chi connectivity index (χ1n) is 3.60. The number of hydrogen-bond donors (Lipinski definition) is 2. The van der Waals surface area contributed by atoms with E-state index in [4.69, 9.17) is 5.73 Å². The van der Waals surface area contributed by atoms with E-state index in [9.17, 15) is 5.11 Å². The summed E-state index contributed by atoms with van der Waals surface area (Å²) in [5.74, 6) is 0.215. The van der Waals surface area contributed by atoms with E-state index in [2.05, 4.69) is 4.98 Å². The fourth-order valence-corrected chi connectivity index (χ4v) is 1.15. The summed E-state index contributed by atoms with van der Waals surface area (Å²) in [6.45, 7) is 0. The molecule has 1 aromatic heterocycles. The first-order chi connectivity index (χ1) is 5.77. The average molecular weight is 160 g/mol. The van der Waals surface area contributed by atoms with Crippen LogP contribution in [0.25, 0.3) is 10.9 Å². The zero-order valence-corrected chi connectivity index (χ0v) is 6.36. The second kappa shape index (κ2) is 2.37. The molecule has 0 atom stereocenters. The molecule has 3 N–H and O–H groups in total. The van der Waals surface area contributed by atoms with Crippen molar-refractivity contribution in [2.24, 2.45) is 0 Å². The Morgan fingerprint density at radius 1 is 1.33 bits per heavy atom. The Kier molecular flexibility index (Phi) is 1.37. The molecule has 2 rings (SSSR count). The van der Waals surface area contributed by atoms with Gasteiger partial charge in [0.05, 0.1) is 17.4 Å². The highest BCUT2D eigenvalue weighted by molar-refractivity contribution is 5.86. The molecule has 1 heterocycles. The van der Waals surface area contributed by atoms with Crippen molar-refractivity contribution in [2.45, 2.75) is 0 Å².